The predicted molar refractivity (Wildman–Crippen MR) is 95.4 cm³/mol. The third kappa shape index (κ3) is 1.73. The first kappa shape index (κ1) is 15.9. The first-order valence-corrected chi connectivity index (χ1v) is 8.96. The molecule has 2 aliphatic rings. The fourth-order valence-electron chi connectivity index (χ4n) is 5.86. The summed E-state index contributed by atoms with van der Waals surface area (Å²) in [5.41, 5.74) is -0.110. The van der Waals surface area contributed by atoms with Gasteiger partial charge >= 0.3 is 0 Å². The van der Waals surface area contributed by atoms with E-state index in [0.29, 0.717) is 5.92 Å². The molecule has 0 aromatic heterocycles. The van der Waals surface area contributed by atoms with E-state index < -0.39 is 17.1 Å². The molecule has 3 unspecified atom stereocenters. The van der Waals surface area contributed by atoms with Crippen LogP contribution < -0.4 is 0 Å². The van der Waals surface area contributed by atoms with Gasteiger partial charge in [0.05, 0.1) is 6.10 Å². The number of benzene rings is 2. The van der Waals surface area contributed by atoms with Gasteiger partial charge in [-0.1, -0.05) is 74.5 Å². The van der Waals surface area contributed by atoms with Crippen LogP contribution in [0.15, 0.2) is 60.7 Å². The van der Waals surface area contributed by atoms with Crippen molar-refractivity contribution in [1.82, 2.24) is 0 Å². The molecule has 0 saturated heterocycles. The molecule has 2 aromatic carbocycles. The molecule has 2 aliphatic carbocycles. The molecule has 2 aromatic rings. The van der Waals surface area contributed by atoms with Crippen LogP contribution in [0.5, 0.6) is 0 Å². The highest BCUT2D eigenvalue weighted by Crippen LogP contribution is 2.72. The van der Waals surface area contributed by atoms with Crippen molar-refractivity contribution < 1.29 is 10.2 Å². The molecule has 126 valence electrons. The third-order valence-corrected chi connectivity index (χ3v) is 7.16. The summed E-state index contributed by atoms with van der Waals surface area (Å²) in [5, 5.41) is 23.4. The minimum atomic E-state index is -1.19. The van der Waals surface area contributed by atoms with Crippen LogP contribution in [0.4, 0.5) is 0 Å². The Kier molecular flexibility index (Phi) is 3.42. The summed E-state index contributed by atoms with van der Waals surface area (Å²) in [4.78, 5) is 0. The van der Waals surface area contributed by atoms with Crippen LogP contribution in [0.25, 0.3) is 0 Å². The van der Waals surface area contributed by atoms with E-state index in [1.165, 1.54) is 0 Å². The molecule has 0 heterocycles. The maximum absolute atomic E-state index is 12.3. The molecule has 0 amide bonds. The zero-order valence-corrected chi connectivity index (χ0v) is 14.4. The number of rotatable bonds is 3. The molecule has 2 nitrogen and oxygen atoms in total. The fourth-order valence-corrected chi connectivity index (χ4v) is 5.86. The molecule has 3 atom stereocenters. The van der Waals surface area contributed by atoms with Gasteiger partial charge in [-0.3, -0.25) is 0 Å². The normalized spacial score (nSPS) is 31.3. The lowest BCUT2D eigenvalue weighted by molar-refractivity contribution is -0.152. The van der Waals surface area contributed by atoms with Gasteiger partial charge < -0.3 is 10.2 Å². The molecular weight excluding hydrogens is 296 g/mol. The van der Waals surface area contributed by atoms with Crippen LogP contribution >= 0.6 is 0 Å². The Balaban J connectivity index is 2.02. The SMILES string of the molecule is CC1(C)C2CCC1(C(O)(c1ccccc1)c1ccccc1)C(O)C2. The van der Waals surface area contributed by atoms with Crippen molar-refractivity contribution in [1.29, 1.82) is 0 Å². The van der Waals surface area contributed by atoms with E-state index in [4.69, 9.17) is 0 Å². The number of hydrogen-bond donors (Lipinski definition) is 2. The minimum absolute atomic E-state index is 0.118. The van der Waals surface area contributed by atoms with E-state index in [0.717, 1.165) is 30.4 Å². The topological polar surface area (TPSA) is 40.5 Å². The lowest BCUT2D eigenvalue weighted by atomic mass is 9.54. The fraction of sp³-hybridized carbons (Fsp3) is 0.455. The van der Waals surface area contributed by atoms with Crippen molar-refractivity contribution in [2.75, 3.05) is 0 Å². The molecule has 0 aliphatic heterocycles. The lowest BCUT2D eigenvalue weighted by Crippen LogP contribution is -2.56. The zero-order valence-electron chi connectivity index (χ0n) is 14.4. The first-order valence-electron chi connectivity index (χ1n) is 8.96. The molecule has 2 saturated carbocycles. The standard InChI is InChI=1S/C22H26O2/c1-20(2)18-13-14-21(20,19(23)15-18)22(24,16-9-5-3-6-10-16)17-11-7-4-8-12-17/h3-12,18-19,23-24H,13-15H2,1-2H3. The first-order chi connectivity index (χ1) is 11.4. The van der Waals surface area contributed by atoms with Crippen LogP contribution in [0.3, 0.4) is 0 Å². The van der Waals surface area contributed by atoms with Crippen LogP contribution in [0.2, 0.25) is 0 Å². The van der Waals surface area contributed by atoms with Crippen molar-refractivity contribution in [2.24, 2.45) is 16.7 Å². The molecule has 24 heavy (non-hydrogen) atoms. The van der Waals surface area contributed by atoms with Crippen molar-refractivity contribution >= 4 is 0 Å². The smallest absolute Gasteiger partial charge is 0.123 e. The summed E-state index contributed by atoms with van der Waals surface area (Å²) in [7, 11) is 0. The number of fused-ring (bicyclic) bond motifs is 2. The van der Waals surface area contributed by atoms with Gasteiger partial charge in [-0.2, -0.15) is 0 Å². The van der Waals surface area contributed by atoms with Crippen molar-refractivity contribution in [2.45, 2.75) is 44.8 Å². The zero-order chi connectivity index (χ0) is 17.0. The third-order valence-electron chi connectivity index (χ3n) is 7.16. The minimum Gasteiger partial charge on any atom is -0.392 e. The van der Waals surface area contributed by atoms with Gasteiger partial charge in [-0.15, -0.1) is 0 Å². The summed E-state index contributed by atoms with van der Waals surface area (Å²) in [5.74, 6) is 0.464. The molecular formula is C22H26O2. The molecule has 0 spiro atoms. The van der Waals surface area contributed by atoms with Crippen LogP contribution in [0.1, 0.15) is 44.2 Å². The van der Waals surface area contributed by atoms with Crippen LogP contribution in [0, 0.1) is 16.7 Å². The van der Waals surface area contributed by atoms with Crippen LogP contribution in [-0.2, 0) is 5.60 Å². The lowest BCUT2D eigenvalue weighted by Gasteiger charge is -2.53. The summed E-state index contributed by atoms with van der Waals surface area (Å²) >= 11 is 0. The van der Waals surface area contributed by atoms with Gasteiger partial charge in [-0.25, -0.2) is 0 Å². The van der Waals surface area contributed by atoms with Gasteiger partial charge in [0.25, 0.3) is 0 Å². The maximum Gasteiger partial charge on any atom is 0.123 e. The van der Waals surface area contributed by atoms with E-state index >= 15 is 0 Å². The van der Waals surface area contributed by atoms with E-state index in [2.05, 4.69) is 13.8 Å². The number of aliphatic hydroxyl groups excluding tert-OH is 1. The Bertz CT molecular complexity index is 683. The summed E-state index contributed by atoms with van der Waals surface area (Å²) < 4.78 is 0. The highest BCUT2D eigenvalue weighted by atomic mass is 16.3. The quantitative estimate of drug-likeness (QED) is 0.893. The van der Waals surface area contributed by atoms with E-state index in [9.17, 15) is 10.2 Å². The molecule has 4 rings (SSSR count). The molecule has 2 heteroatoms. The maximum atomic E-state index is 12.3. The molecule has 0 radical (unpaired) electrons. The number of hydrogen-bond acceptors (Lipinski definition) is 2. The largest absolute Gasteiger partial charge is 0.392 e. The molecule has 2 N–H and O–H groups in total. The average molecular weight is 322 g/mol. The van der Waals surface area contributed by atoms with Crippen molar-refractivity contribution in [3.63, 3.8) is 0 Å². The van der Waals surface area contributed by atoms with Gasteiger partial charge in [0.2, 0.25) is 0 Å². The van der Waals surface area contributed by atoms with Gasteiger partial charge in [-0.05, 0) is 41.7 Å². The summed E-state index contributed by atoms with van der Waals surface area (Å²) in [6.45, 7) is 4.47. The number of aliphatic hydroxyl groups is 2. The van der Waals surface area contributed by atoms with Gasteiger partial charge in [0.1, 0.15) is 5.60 Å². The van der Waals surface area contributed by atoms with Crippen molar-refractivity contribution in [3.8, 4) is 0 Å². The van der Waals surface area contributed by atoms with Crippen LogP contribution in [-0.4, -0.2) is 16.3 Å². The Morgan fingerprint density at radius 2 is 1.42 bits per heavy atom. The average Bonchev–Trinajstić information content (AvgIpc) is 2.98. The Labute approximate surface area is 144 Å². The Hall–Kier alpha value is -1.64. The monoisotopic (exact) mass is 322 g/mol. The Morgan fingerprint density at radius 3 is 1.79 bits per heavy atom. The summed E-state index contributed by atoms with van der Waals surface area (Å²) in [6, 6.07) is 19.8. The second-order valence-electron chi connectivity index (χ2n) is 8.12. The Morgan fingerprint density at radius 1 is 0.917 bits per heavy atom. The van der Waals surface area contributed by atoms with Gasteiger partial charge in [0, 0.05) is 5.41 Å². The van der Waals surface area contributed by atoms with E-state index in [1.807, 2.05) is 60.7 Å². The summed E-state index contributed by atoms with van der Waals surface area (Å²) in [6.07, 6.45) is 2.23. The highest BCUT2D eigenvalue weighted by Gasteiger charge is 2.72. The second-order valence-corrected chi connectivity index (χ2v) is 8.12. The second kappa shape index (κ2) is 5.18. The molecule has 2 fully saturated rings. The van der Waals surface area contributed by atoms with E-state index in [-0.39, 0.29) is 5.41 Å². The van der Waals surface area contributed by atoms with Crippen molar-refractivity contribution in [3.05, 3.63) is 71.8 Å². The molecule has 2 bridgehead atoms. The predicted octanol–water partition coefficient (Wildman–Crippen LogP) is 4.11. The highest BCUT2D eigenvalue weighted by molar-refractivity contribution is 5.42. The van der Waals surface area contributed by atoms with Gasteiger partial charge in [0.15, 0.2) is 0 Å². The van der Waals surface area contributed by atoms with E-state index in [1.54, 1.807) is 0 Å².